The first-order chi connectivity index (χ1) is 6.16. The zero-order valence-corrected chi connectivity index (χ0v) is 8.28. The van der Waals surface area contributed by atoms with Gasteiger partial charge in [-0.2, -0.15) is 0 Å². The number of carbonyl (C=O) groups excluding carboxylic acids is 1. The highest BCUT2D eigenvalue weighted by Crippen LogP contribution is 2.04. The van der Waals surface area contributed by atoms with Gasteiger partial charge in [-0.15, -0.1) is 5.10 Å². The van der Waals surface area contributed by atoms with Gasteiger partial charge < -0.3 is 10.0 Å². The molecule has 0 aliphatic heterocycles. The van der Waals surface area contributed by atoms with E-state index >= 15 is 0 Å². The average molecular weight is 201 g/mol. The Morgan fingerprint density at radius 2 is 2.54 bits per heavy atom. The van der Waals surface area contributed by atoms with Crippen LogP contribution < -0.4 is 0 Å². The van der Waals surface area contributed by atoms with Gasteiger partial charge in [0.15, 0.2) is 5.69 Å². The van der Waals surface area contributed by atoms with Crippen LogP contribution in [0, 0.1) is 0 Å². The van der Waals surface area contributed by atoms with Gasteiger partial charge in [0, 0.05) is 12.4 Å². The summed E-state index contributed by atoms with van der Waals surface area (Å²) >= 11 is 1.13. The van der Waals surface area contributed by atoms with Gasteiger partial charge in [-0.05, 0) is 18.5 Å². The van der Waals surface area contributed by atoms with Crippen LogP contribution >= 0.6 is 11.5 Å². The van der Waals surface area contributed by atoms with Crippen molar-refractivity contribution < 1.29 is 9.90 Å². The van der Waals surface area contributed by atoms with E-state index in [9.17, 15) is 4.79 Å². The molecule has 72 valence electrons. The number of rotatable bonds is 3. The molecule has 1 atom stereocenters. The second kappa shape index (κ2) is 4.29. The summed E-state index contributed by atoms with van der Waals surface area (Å²) in [7, 11) is 1.63. The molecule has 0 bridgehead atoms. The van der Waals surface area contributed by atoms with E-state index in [2.05, 4.69) is 9.59 Å². The first kappa shape index (κ1) is 10.1. The number of hydrogen-bond acceptors (Lipinski definition) is 5. The molecule has 1 aromatic heterocycles. The largest absolute Gasteiger partial charge is 0.394 e. The second-order valence-corrected chi connectivity index (χ2v) is 3.35. The van der Waals surface area contributed by atoms with Crippen LogP contribution in [0.3, 0.4) is 0 Å². The minimum absolute atomic E-state index is 0.0557. The molecule has 5 nitrogen and oxygen atoms in total. The first-order valence-electron chi connectivity index (χ1n) is 3.82. The summed E-state index contributed by atoms with van der Waals surface area (Å²) < 4.78 is 3.59. The lowest BCUT2D eigenvalue weighted by Gasteiger charge is -2.21. The standard InChI is InChI=1S/C7H11N3O2S/c1-5(3-11)10(2)7(12)6-4-13-9-8-6/h4-5,11H,3H2,1-2H3. The molecule has 0 saturated carbocycles. The van der Waals surface area contributed by atoms with Crippen molar-refractivity contribution in [2.24, 2.45) is 0 Å². The number of nitrogens with zero attached hydrogens (tertiary/aromatic N) is 3. The maximum absolute atomic E-state index is 11.5. The van der Waals surface area contributed by atoms with Gasteiger partial charge in [-0.25, -0.2) is 0 Å². The minimum atomic E-state index is -0.213. The summed E-state index contributed by atoms with van der Waals surface area (Å²) in [5.41, 5.74) is 0.327. The summed E-state index contributed by atoms with van der Waals surface area (Å²) in [5.74, 6) is -0.213. The van der Waals surface area contributed by atoms with Crippen LogP contribution in [0.1, 0.15) is 17.4 Å². The number of likely N-dealkylation sites (N-methyl/N-ethyl adjacent to an activating group) is 1. The Morgan fingerprint density at radius 1 is 1.85 bits per heavy atom. The highest BCUT2D eigenvalue weighted by molar-refractivity contribution is 7.03. The van der Waals surface area contributed by atoms with Crippen LogP contribution in [0.15, 0.2) is 5.38 Å². The molecule has 0 radical (unpaired) electrons. The quantitative estimate of drug-likeness (QED) is 0.747. The molecule has 1 unspecified atom stereocenters. The fraction of sp³-hybridized carbons (Fsp3) is 0.571. The molecule has 0 aliphatic rings. The number of carbonyl (C=O) groups is 1. The fourth-order valence-corrected chi connectivity index (χ4v) is 1.19. The maximum Gasteiger partial charge on any atom is 0.275 e. The van der Waals surface area contributed by atoms with Crippen LogP contribution in [0.5, 0.6) is 0 Å². The zero-order valence-electron chi connectivity index (χ0n) is 7.47. The maximum atomic E-state index is 11.5. The Morgan fingerprint density at radius 3 is 3.00 bits per heavy atom. The van der Waals surface area contributed by atoms with Gasteiger partial charge in [-0.3, -0.25) is 4.79 Å². The predicted octanol–water partition coefficient (Wildman–Crippen LogP) is -0.00910. The number of aliphatic hydroxyl groups is 1. The van der Waals surface area contributed by atoms with Crippen molar-refractivity contribution in [3.8, 4) is 0 Å². The number of amides is 1. The Bertz CT molecular complexity index is 275. The van der Waals surface area contributed by atoms with E-state index in [4.69, 9.17) is 5.11 Å². The molecule has 1 N–H and O–H groups in total. The molecule has 0 spiro atoms. The Kier molecular flexibility index (Phi) is 3.32. The third kappa shape index (κ3) is 2.22. The molecular weight excluding hydrogens is 190 g/mol. The normalized spacial score (nSPS) is 12.5. The second-order valence-electron chi connectivity index (χ2n) is 2.74. The van der Waals surface area contributed by atoms with E-state index in [1.807, 2.05) is 0 Å². The van der Waals surface area contributed by atoms with E-state index in [0.717, 1.165) is 11.5 Å². The highest BCUT2D eigenvalue weighted by Gasteiger charge is 2.18. The third-order valence-electron chi connectivity index (χ3n) is 1.82. The Hall–Kier alpha value is -1.01. The van der Waals surface area contributed by atoms with Crippen molar-refractivity contribution in [2.75, 3.05) is 13.7 Å². The first-order valence-corrected chi connectivity index (χ1v) is 4.65. The summed E-state index contributed by atoms with van der Waals surface area (Å²) in [6.45, 7) is 1.71. The SMILES string of the molecule is CC(CO)N(C)C(=O)c1csnn1. The third-order valence-corrected chi connectivity index (χ3v) is 2.33. The molecule has 1 aromatic rings. The topological polar surface area (TPSA) is 66.3 Å². The molecule has 13 heavy (non-hydrogen) atoms. The highest BCUT2D eigenvalue weighted by atomic mass is 32.1. The van der Waals surface area contributed by atoms with Crippen LogP contribution in [-0.4, -0.2) is 45.2 Å². The molecule has 0 aliphatic carbocycles. The van der Waals surface area contributed by atoms with Crippen molar-refractivity contribution in [1.29, 1.82) is 0 Å². The Balaban J connectivity index is 2.68. The molecule has 0 aromatic carbocycles. The number of aliphatic hydroxyl groups excluding tert-OH is 1. The van der Waals surface area contributed by atoms with Gasteiger partial charge in [-0.1, -0.05) is 4.49 Å². The van der Waals surface area contributed by atoms with E-state index < -0.39 is 0 Å². The van der Waals surface area contributed by atoms with Gasteiger partial charge in [0.25, 0.3) is 5.91 Å². The summed E-state index contributed by atoms with van der Waals surface area (Å²) in [5, 5.41) is 14.1. The molecular formula is C7H11N3O2S. The lowest BCUT2D eigenvalue weighted by atomic mass is 10.3. The van der Waals surface area contributed by atoms with Crippen molar-refractivity contribution in [2.45, 2.75) is 13.0 Å². The van der Waals surface area contributed by atoms with Gasteiger partial charge in [0.05, 0.1) is 12.6 Å². The van der Waals surface area contributed by atoms with Crippen LogP contribution in [0.2, 0.25) is 0 Å². The molecule has 1 rings (SSSR count). The monoisotopic (exact) mass is 201 g/mol. The zero-order chi connectivity index (χ0) is 9.84. The van der Waals surface area contributed by atoms with E-state index in [0.29, 0.717) is 5.69 Å². The number of aromatic nitrogens is 2. The summed E-state index contributed by atoms with van der Waals surface area (Å²) in [6.07, 6.45) is 0. The summed E-state index contributed by atoms with van der Waals surface area (Å²) in [4.78, 5) is 13.0. The molecule has 6 heteroatoms. The van der Waals surface area contributed by atoms with Crippen LogP contribution in [0.25, 0.3) is 0 Å². The van der Waals surface area contributed by atoms with Crippen molar-refractivity contribution in [3.05, 3.63) is 11.1 Å². The van der Waals surface area contributed by atoms with Crippen LogP contribution in [0.4, 0.5) is 0 Å². The van der Waals surface area contributed by atoms with Gasteiger partial charge in [0.1, 0.15) is 0 Å². The lowest BCUT2D eigenvalue weighted by molar-refractivity contribution is 0.0676. The average Bonchev–Trinajstić information content (AvgIpc) is 2.67. The van der Waals surface area contributed by atoms with E-state index in [1.54, 1.807) is 19.4 Å². The molecule has 0 saturated heterocycles. The number of hydrogen-bond donors (Lipinski definition) is 1. The Labute approximate surface area is 80.2 Å². The van der Waals surface area contributed by atoms with E-state index in [1.165, 1.54) is 4.90 Å². The molecule has 0 fully saturated rings. The van der Waals surface area contributed by atoms with Gasteiger partial charge in [0.2, 0.25) is 0 Å². The summed E-state index contributed by atoms with van der Waals surface area (Å²) in [6, 6.07) is -0.200. The molecule has 1 amide bonds. The van der Waals surface area contributed by atoms with E-state index in [-0.39, 0.29) is 18.6 Å². The van der Waals surface area contributed by atoms with Gasteiger partial charge >= 0.3 is 0 Å². The fourth-order valence-electron chi connectivity index (χ4n) is 0.761. The van der Waals surface area contributed by atoms with Crippen molar-refractivity contribution >= 4 is 17.4 Å². The molecule has 1 heterocycles. The van der Waals surface area contributed by atoms with Crippen molar-refractivity contribution in [1.82, 2.24) is 14.5 Å². The van der Waals surface area contributed by atoms with Crippen LogP contribution in [-0.2, 0) is 0 Å². The predicted molar refractivity (Wildman–Crippen MR) is 48.6 cm³/mol. The smallest absolute Gasteiger partial charge is 0.275 e. The minimum Gasteiger partial charge on any atom is -0.394 e. The van der Waals surface area contributed by atoms with Crippen molar-refractivity contribution in [3.63, 3.8) is 0 Å². The lowest BCUT2D eigenvalue weighted by Crippen LogP contribution is -2.37.